The van der Waals surface area contributed by atoms with Gasteiger partial charge < -0.3 is 5.73 Å². The molecule has 0 bridgehead atoms. The monoisotopic (exact) mass is 131 g/mol. The second-order valence-corrected chi connectivity index (χ2v) is 3.27. The minimum absolute atomic E-state index is 0.105. The van der Waals surface area contributed by atoms with E-state index in [2.05, 4.69) is 0 Å². The van der Waals surface area contributed by atoms with Crippen molar-refractivity contribution in [2.75, 3.05) is 0 Å². The molecule has 1 rings (SSSR count). The lowest BCUT2D eigenvalue weighted by Crippen LogP contribution is -2.35. The third kappa shape index (κ3) is 1.94. The Morgan fingerprint density at radius 1 is 1.67 bits per heavy atom. The molecule has 0 heterocycles. The highest BCUT2D eigenvalue weighted by molar-refractivity contribution is 4.84. The molecular formula is C7H14FN. The van der Waals surface area contributed by atoms with Gasteiger partial charge in [-0.25, -0.2) is 4.39 Å². The SMILES string of the molecule is C[C@]1(F)CCC[C@@H](N)C1. The third-order valence-corrected chi connectivity index (χ3v) is 1.96. The Labute approximate surface area is 55.4 Å². The summed E-state index contributed by atoms with van der Waals surface area (Å²) in [5.41, 5.74) is 4.60. The maximum atomic E-state index is 13.0. The van der Waals surface area contributed by atoms with Crippen LogP contribution in [0.4, 0.5) is 4.39 Å². The Morgan fingerprint density at radius 3 is 2.67 bits per heavy atom. The lowest BCUT2D eigenvalue weighted by atomic mass is 9.85. The molecule has 0 amide bonds. The lowest BCUT2D eigenvalue weighted by molar-refractivity contribution is 0.118. The average Bonchev–Trinajstić information content (AvgIpc) is 1.60. The van der Waals surface area contributed by atoms with Crippen LogP contribution in [0.3, 0.4) is 0 Å². The van der Waals surface area contributed by atoms with E-state index in [-0.39, 0.29) is 6.04 Å². The zero-order valence-corrected chi connectivity index (χ0v) is 5.86. The van der Waals surface area contributed by atoms with E-state index in [1.54, 1.807) is 6.92 Å². The van der Waals surface area contributed by atoms with Crippen molar-refractivity contribution in [2.45, 2.75) is 44.3 Å². The van der Waals surface area contributed by atoms with Crippen molar-refractivity contribution >= 4 is 0 Å². The van der Waals surface area contributed by atoms with E-state index in [1.165, 1.54) is 0 Å². The number of hydrogen-bond acceptors (Lipinski definition) is 1. The summed E-state index contributed by atoms with van der Waals surface area (Å²) in [5, 5.41) is 0. The van der Waals surface area contributed by atoms with Crippen molar-refractivity contribution in [3.05, 3.63) is 0 Å². The zero-order chi connectivity index (χ0) is 6.91. The summed E-state index contributed by atoms with van der Waals surface area (Å²) in [6, 6.07) is 0.105. The van der Waals surface area contributed by atoms with Crippen molar-refractivity contribution in [3.63, 3.8) is 0 Å². The molecule has 0 radical (unpaired) electrons. The molecule has 0 aromatic rings. The van der Waals surface area contributed by atoms with Crippen molar-refractivity contribution < 1.29 is 4.39 Å². The van der Waals surface area contributed by atoms with E-state index in [4.69, 9.17) is 5.73 Å². The summed E-state index contributed by atoms with van der Waals surface area (Å²) in [7, 11) is 0. The van der Waals surface area contributed by atoms with E-state index < -0.39 is 5.67 Å². The first-order valence-corrected chi connectivity index (χ1v) is 3.55. The molecule has 1 saturated carbocycles. The summed E-state index contributed by atoms with van der Waals surface area (Å²) in [6.45, 7) is 1.64. The van der Waals surface area contributed by atoms with E-state index >= 15 is 0 Å². The highest BCUT2D eigenvalue weighted by atomic mass is 19.1. The molecule has 54 valence electrons. The number of nitrogens with two attached hydrogens (primary N) is 1. The van der Waals surface area contributed by atoms with E-state index in [1.807, 2.05) is 0 Å². The van der Waals surface area contributed by atoms with Gasteiger partial charge in [-0.05, 0) is 32.6 Å². The fourth-order valence-corrected chi connectivity index (χ4v) is 1.48. The van der Waals surface area contributed by atoms with Gasteiger partial charge in [0.2, 0.25) is 0 Å². The minimum atomic E-state index is -0.975. The van der Waals surface area contributed by atoms with Crippen LogP contribution in [-0.4, -0.2) is 11.7 Å². The van der Waals surface area contributed by atoms with Crippen LogP contribution in [0, 0.1) is 0 Å². The number of halogens is 1. The quantitative estimate of drug-likeness (QED) is 0.531. The zero-order valence-electron chi connectivity index (χ0n) is 5.86. The lowest BCUT2D eigenvalue weighted by Gasteiger charge is -2.29. The predicted octanol–water partition coefficient (Wildman–Crippen LogP) is 1.62. The largest absolute Gasteiger partial charge is 0.328 e. The van der Waals surface area contributed by atoms with Crippen LogP contribution in [0.2, 0.25) is 0 Å². The Hall–Kier alpha value is -0.110. The normalized spacial score (nSPS) is 45.0. The average molecular weight is 131 g/mol. The third-order valence-electron chi connectivity index (χ3n) is 1.96. The van der Waals surface area contributed by atoms with E-state index in [0.717, 1.165) is 12.8 Å². The first kappa shape index (κ1) is 7.00. The molecule has 2 heteroatoms. The summed E-state index contributed by atoms with van der Waals surface area (Å²) in [4.78, 5) is 0. The van der Waals surface area contributed by atoms with Gasteiger partial charge in [-0.3, -0.25) is 0 Å². The van der Waals surface area contributed by atoms with Crippen molar-refractivity contribution in [2.24, 2.45) is 5.73 Å². The molecule has 0 spiro atoms. The molecule has 1 aliphatic carbocycles. The minimum Gasteiger partial charge on any atom is -0.328 e. The van der Waals surface area contributed by atoms with Gasteiger partial charge >= 0.3 is 0 Å². The summed E-state index contributed by atoms with van der Waals surface area (Å²) in [6.07, 6.45) is 3.20. The fraction of sp³-hybridized carbons (Fsp3) is 1.00. The Bertz CT molecular complexity index is 101. The highest BCUT2D eigenvalue weighted by Gasteiger charge is 2.29. The first-order valence-electron chi connectivity index (χ1n) is 3.55. The Balaban J connectivity index is 2.41. The number of hydrogen-bond donors (Lipinski definition) is 1. The number of rotatable bonds is 0. The maximum absolute atomic E-state index is 13.0. The molecule has 0 aromatic carbocycles. The van der Waals surface area contributed by atoms with E-state index in [9.17, 15) is 4.39 Å². The summed E-state index contributed by atoms with van der Waals surface area (Å²) >= 11 is 0. The second-order valence-electron chi connectivity index (χ2n) is 3.27. The van der Waals surface area contributed by atoms with E-state index in [0.29, 0.717) is 12.8 Å². The topological polar surface area (TPSA) is 26.0 Å². The number of alkyl halides is 1. The predicted molar refractivity (Wildman–Crippen MR) is 36.0 cm³/mol. The summed E-state index contributed by atoms with van der Waals surface area (Å²) < 4.78 is 13.0. The molecule has 2 atom stereocenters. The molecule has 0 aliphatic heterocycles. The van der Waals surface area contributed by atoms with Gasteiger partial charge in [0.15, 0.2) is 0 Å². The molecule has 1 fully saturated rings. The fourth-order valence-electron chi connectivity index (χ4n) is 1.48. The van der Waals surface area contributed by atoms with Gasteiger partial charge in [0, 0.05) is 6.04 Å². The van der Waals surface area contributed by atoms with Crippen LogP contribution in [0.5, 0.6) is 0 Å². The van der Waals surface area contributed by atoms with Crippen LogP contribution in [-0.2, 0) is 0 Å². The van der Waals surface area contributed by atoms with Gasteiger partial charge in [0.1, 0.15) is 5.67 Å². The van der Waals surface area contributed by atoms with Crippen LogP contribution in [0.15, 0.2) is 0 Å². The van der Waals surface area contributed by atoms with Gasteiger partial charge in [-0.2, -0.15) is 0 Å². The van der Waals surface area contributed by atoms with Crippen LogP contribution in [0.25, 0.3) is 0 Å². The van der Waals surface area contributed by atoms with Crippen molar-refractivity contribution in [1.29, 1.82) is 0 Å². The Morgan fingerprint density at radius 2 is 2.33 bits per heavy atom. The smallest absolute Gasteiger partial charge is 0.109 e. The van der Waals surface area contributed by atoms with Crippen molar-refractivity contribution in [1.82, 2.24) is 0 Å². The van der Waals surface area contributed by atoms with Gasteiger partial charge in [-0.1, -0.05) is 0 Å². The molecule has 1 aliphatic rings. The van der Waals surface area contributed by atoms with Gasteiger partial charge in [0.05, 0.1) is 0 Å². The maximum Gasteiger partial charge on any atom is 0.109 e. The molecule has 2 N–H and O–H groups in total. The van der Waals surface area contributed by atoms with Crippen LogP contribution >= 0.6 is 0 Å². The second kappa shape index (κ2) is 2.25. The van der Waals surface area contributed by atoms with Crippen LogP contribution < -0.4 is 5.73 Å². The molecule has 1 nitrogen and oxygen atoms in total. The first-order chi connectivity index (χ1) is 4.10. The molecule has 9 heavy (non-hydrogen) atoms. The highest BCUT2D eigenvalue weighted by Crippen LogP contribution is 2.30. The molecule has 0 aromatic heterocycles. The standard InChI is InChI=1S/C7H14FN/c1-7(8)4-2-3-6(9)5-7/h6H,2-5,9H2,1H3/t6-,7+/m1/s1. The van der Waals surface area contributed by atoms with Gasteiger partial charge in [-0.15, -0.1) is 0 Å². The molecular weight excluding hydrogens is 117 g/mol. The van der Waals surface area contributed by atoms with Crippen molar-refractivity contribution in [3.8, 4) is 0 Å². The van der Waals surface area contributed by atoms with Crippen LogP contribution in [0.1, 0.15) is 32.6 Å². The summed E-state index contributed by atoms with van der Waals surface area (Å²) in [5.74, 6) is 0. The molecule has 0 unspecified atom stereocenters. The molecule has 0 saturated heterocycles. The van der Waals surface area contributed by atoms with Gasteiger partial charge in [0.25, 0.3) is 0 Å². The Kier molecular flexibility index (Phi) is 1.75.